The quantitative estimate of drug-likeness (QED) is 0.480. The van der Waals surface area contributed by atoms with E-state index in [1.165, 1.54) is 0 Å². The lowest BCUT2D eigenvalue weighted by molar-refractivity contribution is -0.0278. The second-order valence-electron chi connectivity index (χ2n) is 8.16. The molecule has 1 aliphatic rings. The summed E-state index contributed by atoms with van der Waals surface area (Å²) in [6, 6.07) is 9.91. The highest BCUT2D eigenvalue weighted by Crippen LogP contribution is 2.32. The third-order valence-corrected chi connectivity index (χ3v) is 6.03. The fourth-order valence-electron chi connectivity index (χ4n) is 3.86. The van der Waals surface area contributed by atoms with Crippen molar-refractivity contribution in [1.82, 2.24) is 9.88 Å². The average Bonchev–Trinajstić information content (AvgIpc) is 3.04. The molecule has 0 unspecified atom stereocenters. The zero-order valence-corrected chi connectivity index (χ0v) is 18.4. The first kappa shape index (κ1) is 22.4. The van der Waals surface area contributed by atoms with Gasteiger partial charge in [-0.05, 0) is 38.7 Å². The summed E-state index contributed by atoms with van der Waals surface area (Å²) in [4.78, 5) is 17.8. The van der Waals surface area contributed by atoms with Gasteiger partial charge in [0.1, 0.15) is 6.61 Å². The number of carbonyl (C=O) groups excluding carboxylic acids is 1. The number of unbranched alkanes of at least 4 members (excludes halogenated alkanes) is 1. The van der Waals surface area contributed by atoms with Crippen molar-refractivity contribution in [3.8, 4) is 5.75 Å². The maximum absolute atomic E-state index is 12.4. The molecule has 2 aromatic rings. The van der Waals surface area contributed by atoms with E-state index in [9.17, 15) is 9.90 Å². The monoisotopic (exact) mass is 414 g/mol. The Morgan fingerprint density at radius 3 is 2.53 bits per heavy atom. The topological polar surface area (TPSA) is 74.8 Å². The number of benzene rings is 1. The van der Waals surface area contributed by atoms with E-state index in [0.29, 0.717) is 37.5 Å². The third-order valence-electron chi connectivity index (χ3n) is 6.03. The van der Waals surface area contributed by atoms with Crippen molar-refractivity contribution in [1.29, 1.82) is 0 Å². The van der Waals surface area contributed by atoms with Crippen LogP contribution in [0.3, 0.4) is 0 Å². The Bertz CT molecular complexity index is 823. The molecule has 3 rings (SSSR count). The van der Waals surface area contributed by atoms with Gasteiger partial charge in [-0.1, -0.05) is 43.7 Å². The number of hydrogen-bond acceptors (Lipinski definition) is 5. The van der Waals surface area contributed by atoms with E-state index in [1.807, 2.05) is 44.2 Å². The van der Waals surface area contributed by atoms with Crippen molar-refractivity contribution >= 4 is 5.97 Å². The van der Waals surface area contributed by atoms with E-state index in [2.05, 4.69) is 16.8 Å². The van der Waals surface area contributed by atoms with Crippen molar-refractivity contribution in [2.75, 3.05) is 32.8 Å². The molecule has 1 fully saturated rings. The van der Waals surface area contributed by atoms with E-state index in [1.54, 1.807) is 0 Å². The first-order chi connectivity index (χ1) is 14.4. The van der Waals surface area contributed by atoms with E-state index in [4.69, 9.17) is 9.47 Å². The van der Waals surface area contributed by atoms with Crippen molar-refractivity contribution in [3.63, 3.8) is 0 Å². The Hall–Kier alpha value is -2.31. The molecular formula is C24H34N2O4. The van der Waals surface area contributed by atoms with Gasteiger partial charge in [0.25, 0.3) is 0 Å². The van der Waals surface area contributed by atoms with Gasteiger partial charge in [0, 0.05) is 30.9 Å². The number of aromatic nitrogens is 1. The number of nitrogens with one attached hydrogen (secondary N) is 1. The molecule has 0 aliphatic carbocycles. The minimum atomic E-state index is -0.748. The van der Waals surface area contributed by atoms with Gasteiger partial charge in [-0.3, -0.25) is 4.90 Å². The van der Waals surface area contributed by atoms with Crippen LogP contribution in [0, 0.1) is 13.8 Å². The predicted octanol–water partition coefficient (Wildman–Crippen LogP) is 3.95. The van der Waals surface area contributed by atoms with Gasteiger partial charge in [0.2, 0.25) is 0 Å². The summed E-state index contributed by atoms with van der Waals surface area (Å²) in [5.41, 5.74) is 2.50. The molecule has 6 nitrogen and oxygen atoms in total. The van der Waals surface area contributed by atoms with Crippen LogP contribution in [0.1, 0.15) is 59.9 Å². The van der Waals surface area contributed by atoms with Crippen molar-refractivity contribution in [2.45, 2.75) is 52.1 Å². The Kier molecular flexibility index (Phi) is 7.56. The van der Waals surface area contributed by atoms with Crippen LogP contribution >= 0.6 is 0 Å². The van der Waals surface area contributed by atoms with Gasteiger partial charge in [-0.25, -0.2) is 4.79 Å². The molecule has 0 amide bonds. The van der Waals surface area contributed by atoms with Crippen molar-refractivity contribution in [2.24, 2.45) is 0 Å². The molecule has 0 bridgehead atoms. The highest BCUT2D eigenvalue weighted by Gasteiger charge is 2.33. The lowest BCUT2D eigenvalue weighted by Gasteiger charge is -2.38. The number of aromatic amines is 1. The van der Waals surface area contributed by atoms with Gasteiger partial charge in [0.05, 0.1) is 12.2 Å². The van der Waals surface area contributed by atoms with Crippen LogP contribution in [0.4, 0.5) is 0 Å². The Balaban J connectivity index is 1.52. The molecule has 0 atom stereocenters. The van der Waals surface area contributed by atoms with E-state index in [-0.39, 0.29) is 5.97 Å². The normalized spacial score (nSPS) is 16.4. The SMILES string of the molecule is CCCCOC(=O)c1[nH]c(C)c(C)c1OCCN1CCC(O)(c2ccccc2)CC1. The maximum atomic E-state index is 12.4. The molecule has 2 N–H and O–H groups in total. The molecule has 6 heteroatoms. The summed E-state index contributed by atoms with van der Waals surface area (Å²) in [7, 11) is 0. The van der Waals surface area contributed by atoms with Crippen LogP contribution in [-0.4, -0.2) is 53.8 Å². The highest BCUT2D eigenvalue weighted by molar-refractivity contribution is 5.91. The van der Waals surface area contributed by atoms with Gasteiger partial charge in [-0.2, -0.15) is 0 Å². The zero-order chi connectivity index (χ0) is 21.6. The van der Waals surface area contributed by atoms with E-state index >= 15 is 0 Å². The van der Waals surface area contributed by atoms with Gasteiger partial charge < -0.3 is 19.6 Å². The number of piperidine rings is 1. The number of nitrogens with zero attached hydrogens (tertiary/aromatic N) is 1. The summed E-state index contributed by atoms with van der Waals surface area (Å²) in [5, 5.41) is 11.0. The predicted molar refractivity (Wildman–Crippen MR) is 117 cm³/mol. The molecule has 1 aromatic carbocycles. The highest BCUT2D eigenvalue weighted by atomic mass is 16.5. The largest absolute Gasteiger partial charge is 0.489 e. The molecule has 0 radical (unpaired) electrons. The van der Waals surface area contributed by atoms with E-state index < -0.39 is 5.60 Å². The first-order valence-electron chi connectivity index (χ1n) is 10.9. The first-order valence-corrected chi connectivity index (χ1v) is 10.9. The standard InChI is InChI=1S/C24H34N2O4/c1-4-5-16-30-23(27)21-22(18(2)19(3)25-21)29-17-15-26-13-11-24(28,12-14-26)20-9-7-6-8-10-20/h6-10,25,28H,4-5,11-17H2,1-3H3. The number of aliphatic hydroxyl groups is 1. The minimum absolute atomic E-state index is 0.361. The van der Waals surface area contributed by atoms with Crippen LogP contribution in [0.5, 0.6) is 5.75 Å². The van der Waals surface area contributed by atoms with Crippen molar-refractivity contribution in [3.05, 3.63) is 52.8 Å². The molecule has 2 heterocycles. The number of likely N-dealkylation sites (tertiary alicyclic amines) is 1. The zero-order valence-electron chi connectivity index (χ0n) is 18.4. The number of aryl methyl sites for hydroxylation is 1. The number of rotatable bonds is 9. The second kappa shape index (κ2) is 10.1. The van der Waals surface area contributed by atoms with Gasteiger partial charge in [-0.15, -0.1) is 0 Å². The Labute approximate surface area is 179 Å². The molecule has 1 aliphatic heterocycles. The molecular weight excluding hydrogens is 380 g/mol. The summed E-state index contributed by atoms with van der Waals surface area (Å²) in [6.45, 7) is 9.22. The van der Waals surface area contributed by atoms with Crippen molar-refractivity contribution < 1.29 is 19.4 Å². The Morgan fingerprint density at radius 2 is 1.87 bits per heavy atom. The van der Waals surface area contributed by atoms with Gasteiger partial charge >= 0.3 is 5.97 Å². The maximum Gasteiger partial charge on any atom is 0.358 e. The smallest absolute Gasteiger partial charge is 0.358 e. The lowest BCUT2D eigenvalue weighted by Crippen LogP contribution is -2.43. The van der Waals surface area contributed by atoms with Crippen LogP contribution in [0.2, 0.25) is 0 Å². The fourth-order valence-corrected chi connectivity index (χ4v) is 3.86. The van der Waals surface area contributed by atoms with Crippen LogP contribution < -0.4 is 4.74 Å². The average molecular weight is 415 g/mol. The minimum Gasteiger partial charge on any atom is -0.489 e. The summed E-state index contributed by atoms with van der Waals surface area (Å²) >= 11 is 0. The molecule has 164 valence electrons. The Morgan fingerprint density at radius 1 is 1.17 bits per heavy atom. The number of ether oxygens (including phenoxy) is 2. The third kappa shape index (κ3) is 5.24. The molecule has 0 spiro atoms. The van der Waals surface area contributed by atoms with Crippen LogP contribution in [0.25, 0.3) is 0 Å². The summed E-state index contributed by atoms with van der Waals surface area (Å²) in [5.74, 6) is 0.229. The molecule has 1 saturated heterocycles. The number of H-pyrrole nitrogens is 1. The van der Waals surface area contributed by atoms with E-state index in [0.717, 1.165) is 49.3 Å². The fraction of sp³-hybridized carbons (Fsp3) is 0.542. The molecule has 1 aromatic heterocycles. The molecule has 0 saturated carbocycles. The lowest BCUT2D eigenvalue weighted by atomic mass is 9.84. The van der Waals surface area contributed by atoms with Gasteiger partial charge in [0.15, 0.2) is 11.4 Å². The number of carbonyl (C=O) groups is 1. The number of esters is 1. The van der Waals surface area contributed by atoms with Crippen LogP contribution in [0.15, 0.2) is 30.3 Å². The van der Waals surface area contributed by atoms with Crippen LogP contribution in [-0.2, 0) is 10.3 Å². The summed E-state index contributed by atoms with van der Waals surface area (Å²) in [6.07, 6.45) is 3.24. The number of hydrogen-bond donors (Lipinski definition) is 2. The summed E-state index contributed by atoms with van der Waals surface area (Å²) < 4.78 is 11.4. The second-order valence-corrected chi connectivity index (χ2v) is 8.16. The molecule has 30 heavy (non-hydrogen) atoms.